The molecule has 0 rings (SSSR count). The fraction of sp³-hybridized carbons (Fsp3) is 0.750. The molecule has 0 aromatic heterocycles. The Bertz CT molecular complexity index is 297. The quantitative estimate of drug-likeness (QED) is 0.531. The number of hydrogen-bond acceptors (Lipinski definition) is 6. The van der Waals surface area contributed by atoms with E-state index in [0.717, 1.165) is 0 Å². The highest BCUT2D eigenvalue weighted by Gasteiger charge is 2.29. The molecule has 1 unspecified atom stereocenters. The first-order valence-electron chi connectivity index (χ1n) is 5.77. The average Bonchev–Trinajstić information content (AvgIpc) is 2.24. The lowest BCUT2D eigenvalue weighted by Crippen LogP contribution is -2.30. The molecule has 0 saturated carbocycles. The fourth-order valence-corrected chi connectivity index (χ4v) is 2.82. The number of Topliss-reactive ketones (excluding diaryl/α,β-unsaturated/α-hetero) is 1. The number of esters is 1. The van der Waals surface area contributed by atoms with Crippen LogP contribution in [0.1, 0.15) is 40.5 Å². The van der Waals surface area contributed by atoms with Crippen LogP contribution >= 0.6 is 24.0 Å². The molecule has 0 spiro atoms. The minimum atomic E-state index is -0.427. The maximum atomic E-state index is 11.1. The van der Waals surface area contributed by atoms with Crippen LogP contribution in [0.25, 0.3) is 0 Å². The largest absolute Gasteiger partial charge is 0.479 e. The van der Waals surface area contributed by atoms with E-state index in [2.05, 4.69) is 0 Å². The van der Waals surface area contributed by atoms with Crippen molar-refractivity contribution in [3.05, 3.63) is 0 Å². The molecular weight excluding hydrogens is 272 g/mol. The second-order valence-corrected chi connectivity index (χ2v) is 6.41. The molecule has 6 heteroatoms. The summed E-state index contributed by atoms with van der Waals surface area (Å²) in [5.74, 6) is -0.237. The van der Waals surface area contributed by atoms with Gasteiger partial charge in [0.15, 0.2) is 0 Å². The van der Waals surface area contributed by atoms with Gasteiger partial charge in [-0.25, -0.2) is 0 Å². The number of ketones is 1. The third-order valence-corrected chi connectivity index (χ3v) is 3.65. The van der Waals surface area contributed by atoms with Crippen molar-refractivity contribution < 1.29 is 19.1 Å². The van der Waals surface area contributed by atoms with Gasteiger partial charge >= 0.3 is 5.97 Å². The van der Waals surface area contributed by atoms with Gasteiger partial charge in [-0.3, -0.25) is 4.79 Å². The molecule has 0 aromatic carbocycles. The van der Waals surface area contributed by atoms with E-state index in [1.54, 1.807) is 0 Å². The molecule has 1 atom stereocenters. The van der Waals surface area contributed by atoms with Gasteiger partial charge in [-0.05, 0) is 39.4 Å². The van der Waals surface area contributed by atoms with Crippen LogP contribution in [0.3, 0.4) is 0 Å². The zero-order valence-corrected chi connectivity index (χ0v) is 12.9. The third kappa shape index (κ3) is 8.47. The molecule has 0 saturated heterocycles. The van der Waals surface area contributed by atoms with Crippen molar-refractivity contribution in [1.82, 2.24) is 0 Å². The molecule has 0 fully saturated rings. The van der Waals surface area contributed by atoms with Crippen LogP contribution in [0.2, 0.25) is 0 Å². The Morgan fingerprint density at radius 1 is 1.28 bits per heavy atom. The molecule has 0 bridgehead atoms. The van der Waals surface area contributed by atoms with Gasteiger partial charge in [-0.15, -0.1) is 0 Å². The average molecular weight is 292 g/mol. The molecule has 4 nitrogen and oxygen atoms in total. The number of thioether (sulfide) groups is 1. The topological polar surface area (TPSA) is 52.6 Å². The normalized spacial score (nSPS) is 13.6. The Kier molecular flexibility index (Phi) is 8.18. The summed E-state index contributed by atoms with van der Waals surface area (Å²) in [4.78, 5) is 21.9. The minimum absolute atomic E-state index is 0.104. The van der Waals surface area contributed by atoms with E-state index in [4.69, 9.17) is 21.7 Å². The maximum Gasteiger partial charge on any atom is 0.302 e. The van der Waals surface area contributed by atoms with Gasteiger partial charge in [0.1, 0.15) is 12.4 Å². The molecule has 0 amide bonds. The SMILES string of the molecule is CCOC(=S)SC(C)(CCC(C)=O)COC(C)=O. The molecule has 0 aliphatic heterocycles. The predicted octanol–water partition coefficient (Wildman–Crippen LogP) is 2.73. The second kappa shape index (κ2) is 8.48. The highest BCUT2D eigenvalue weighted by molar-refractivity contribution is 8.23. The van der Waals surface area contributed by atoms with Crippen molar-refractivity contribution in [2.75, 3.05) is 13.2 Å². The number of rotatable bonds is 7. The molecule has 18 heavy (non-hydrogen) atoms. The van der Waals surface area contributed by atoms with E-state index in [-0.39, 0.29) is 18.4 Å². The van der Waals surface area contributed by atoms with Gasteiger partial charge in [0.2, 0.25) is 4.38 Å². The van der Waals surface area contributed by atoms with Gasteiger partial charge in [0.05, 0.1) is 11.4 Å². The van der Waals surface area contributed by atoms with Crippen molar-refractivity contribution >= 4 is 40.1 Å². The molecule has 0 radical (unpaired) electrons. The Labute approximate surface area is 118 Å². The smallest absolute Gasteiger partial charge is 0.302 e. The zero-order chi connectivity index (χ0) is 14.2. The van der Waals surface area contributed by atoms with Crippen LogP contribution in [0.4, 0.5) is 0 Å². The third-order valence-electron chi connectivity index (χ3n) is 2.18. The molecule has 0 aromatic rings. The summed E-state index contributed by atoms with van der Waals surface area (Å²) >= 11 is 6.41. The molecule has 0 N–H and O–H groups in total. The number of ether oxygens (including phenoxy) is 2. The summed E-state index contributed by atoms with van der Waals surface area (Å²) in [6, 6.07) is 0. The van der Waals surface area contributed by atoms with Crippen molar-refractivity contribution in [1.29, 1.82) is 0 Å². The van der Waals surface area contributed by atoms with E-state index >= 15 is 0 Å². The van der Waals surface area contributed by atoms with E-state index in [1.165, 1.54) is 25.6 Å². The molecule has 0 aliphatic rings. The van der Waals surface area contributed by atoms with E-state index < -0.39 is 4.75 Å². The van der Waals surface area contributed by atoms with Crippen LogP contribution in [0.5, 0.6) is 0 Å². The van der Waals surface area contributed by atoms with Crippen LogP contribution in [0, 0.1) is 0 Å². The minimum Gasteiger partial charge on any atom is -0.479 e. The summed E-state index contributed by atoms with van der Waals surface area (Å²) in [7, 11) is 0. The van der Waals surface area contributed by atoms with E-state index in [1.807, 2.05) is 13.8 Å². The van der Waals surface area contributed by atoms with E-state index in [9.17, 15) is 9.59 Å². The number of carbonyl (C=O) groups is 2. The van der Waals surface area contributed by atoms with Crippen molar-refractivity contribution in [3.63, 3.8) is 0 Å². The monoisotopic (exact) mass is 292 g/mol. The van der Waals surface area contributed by atoms with Gasteiger partial charge in [0.25, 0.3) is 0 Å². The molecule has 104 valence electrons. The van der Waals surface area contributed by atoms with Gasteiger partial charge in [-0.2, -0.15) is 0 Å². The van der Waals surface area contributed by atoms with Crippen molar-refractivity contribution in [2.24, 2.45) is 0 Å². The predicted molar refractivity (Wildman–Crippen MR) is 76.8 cm³/mol. The van der Waals surface area contributed by atoms with Gasteiger partial charge in [-0.1, -0.05) is 11.8 Å². The van der Waals surface area contributed by atoms with Crippen molar-refractivity contribution in [3.8, 4) is 0 Å². The Morgan fingerprint density at radius 3 is 2.33 bits per heavy atom. The lowest BCUT2D eigenvalue weighted by molar-refractivity contribution is -0.141. The number of hydrogen-bond donors (Lipinski definition) is 0. The molecular formula is C12H20O4S2. The summed E-state index contributed by atoms with van der Waals surface area (Å²) in [5, 5.41) is 0. The van der Waals surface area contributed by atoms with Crippen LogP contribution < -0.4 is 0 Å². The van der Waals surface area contributed by atoms with Crippen LogP contribution in [-0.4, -0.2) is 34.1 Å². The Balaban J connectivity index is 4.51. The summed E-state index contributed by atoms with van der Waals surface area (Å²) < 4.78 is 10.2. The highest BCUT2D eigenvalue weighted by Crippen LogP contribution is 2.32. The summed E-state index contributed by atoms with van der Waals surface area (Å²) in [5.41, 5.74) is 0. The van der Waals surface area contributed by atoms with Crippen LogP contribution in [0.15, 0.2) is 0 Å². The highest BCUT2D eigenvalue weighted by atomic mass is 32.2. The standard InChI is InChI=1S/C12H20O4S2/c1-5-15-11(17)18-12(4,7-6-9(2)13)8-16-10(3)14/h5-8H2,1-4H3. The fourth-order valence-electron chi connectivity index (χ4n) is 1.20. The first-order valence-corrected chi connectivity index (χ1v) is 7.00. The number of thiocarbonyl (C=S) groups is 1. The Morgan fingerprint density at radius 2 is 1.89 bits per heavy atom. The van der Waals surface area contributed by atoms with E-state index in [0.29, 0.717) is 23.8 Å². The zero-order valence-electron chi connectivity index (χ0n) is 11.3. The summed E-state index contributed by atoms with van der Waals surface area (Å²) in [6.45, 7) is 7.38. The van der Waals surface area contributed by atoms with Gasteiger partial charge in [0, 0.05) is 13.3 Å². The Hall–Kier alpha value is -0.620. The van der Waals surface area contributed by atoms with Crippen LogP contribution in [-0.2, 0) is 19.1 Å². The van der Waals surface area contributed by atoms with Crippen molar-refractivity contribution in [2.45, 2.75) is 45.3 Å². The first kappa shape index (κ1) is 17.4. The molecule has 0 heterocycles. The first-order chi connectivity index (χ1) is 8.29. The lowest BCUT2D eigenvalue weighted by Gasteiger charge is -2.27. The second-order valence-electron chi connectivity index (χ2n) is 4.22. The molecule has 0 aliphatic carbocycles. The van der Waals surface area contributed by atoms with Gasteiger partial charge < -0.3 is 14.3 Å². The maximum absolute atomic E-state index is 11.1. The summed E-state index contributed by atoms with van der Waals surface area (Å²) in [6.07, 6.45) is 1.02. The number of carbonyl (C=O) groups excluding carboxylic acids is 2. The lowest BCUT2D eigenvalue weighted by atomic mass is 10.0.